The van der Waals surface area contributed by atoms with Crippen molar-refractivity contribution in [1.29, 1.82) is 0 Å². The molecule has 4 saturated carbocycles. The van der Waals surface area contributed by atoms with E-state index in [1.807, 2.05) is 0 Å². The largest absolute Gasteiger partial charge is 0.396 e. The van der Waals surface area contributed by atoms with Crippen molar-refractivity contribution < 1.29 is 15.3 Å². The maximum Gasteiger partial charge on any atom is 0.0834 e. The lowest BCUT2D eigenvalue weighted by molar-refractivity contribution is -0.225. The zero-order valence-electron chi connectivity index (χ0n) is 14.6. The summed E-state index contributed by atoms with van der Waals surface area (Å²) in [5, 5.41) is 32.2. The van der Waals surface area contributed by atoms with E-state index in [0.29, 0.717) is 17.8 Å². The van der Waals surface area contributed by atoms with Crippen LogP contribution in [0.25, 0.3) is 0 Å². The Labute approximate surface area is 139 Å². The predicted octanol–water partition coefficient (Wildman–Crippen LogP) is 2.89. The van der Waals surface area contributed by atoms with Gasteiger partial charge in [-0.15, -0.1) is 0 Å². The Kier molecular flexibility index (Phi) is 3.38. The molecule has 0 aromatic carbocycles. The van der Waals surface area contributed by atoms with Gasteiger partial charge in [0, 0.05) is 12.0 Å². The molecule has 3 heteroatoms. The Morgan fingerprint density at radius 2 is 1.87 bits per heavy atom. The summed E-state index contributed by atoms with van der Waals surface area (Å²) in [6.45, 7) is 8.96. The van der Waals surface area contributed by atoms with Crippen LogP contribution in [0.15, 0.2) is 12.2 Å². The third-order valence-electron chi connectivity index (χ3n) is 8.77. The van der Waals surface area contributed by atoms with Crippen LogP contribution >= 0.6 is 0 Å². The topological polar surface area (TPSA) is 60.7 Å². The monoisotopic (exact) mass is 320 g/mol. The number of hydrogen-bond acceptors (Lipinski definition) is 3. The molecule has 0 aliphatic heterocycles. The first-order chi connectivity index (χ1) is 10.8. The van der Waals surface area contributed by atoms with E-state index in [2.05, 4.69) is 20.4 Å². The van der Waals surface area contributed by atoms with Crippen molar-refractivity contribution in [3.63, 3.8) is 0 Å². The summed E-state index contributed by atoms with van der Waals surface area (Å²) in [4.78, 5) is 0. The normalized spacial score (nSPS) is 58.7. The maximum absolute atomic E-state index is 11.2. The first kappa shape index (κ1) is 16.1. The molecule has 2 bridgehead atoms. The minimum Gasteiger partial charge on any atom is -0.396 e. The van der Waals surface area contributed by atoms with E-state index in [-0.39, 0.29) is 22.9 Å². The Hall–Kier alpha value is -0.380. The first-order valence-corrected chi connectivity index (χ1v) is 9.45. The predicted molar refractivity (Wildman–Crippen MR) is 89.7 cm³/mol. The fraction of sp³-hybridized carbons (Fsp3) is 0.900. The van der Waals surface area contributed by atoms with Gasteiger partial charge in [0.2, 0.25) is 0 Å². The van der Waals surface area contributed by atoms with E-state index in [4.69, 9.17) is 0 Å². The quantitative estimate of drug-likeness (QED) is 0.651. The summed E-state index contributed by atoms with van der Waals surface area (Å²) in [5.74, 6) is 1.08. The molecule has 4 aliphatic carbocycles. The van der Waals surface area contributed by atoms with Gasteiger partial charge in [0.25, 0.3) is 0 Å². The van der Waals surface area contributed by atoms with Gasteiger partial charge in [-0.1, -0.05) is 26.8 Å². The van der Waals surface area contributed by atoms with Crippen molar-refractivity contribution >= 4 is 0 Å². The molecular weight excluding hydrogens is 288 g/mol. The van der Waals surface area contributed by atoms with Crippen LogP contribution in [0.2, 0.25) is 0 Å². The Morgan fingerprint density at radius 3 is 2.57 bits per heavy atom. The molecule has 0 heterocycles. The van der Waals surface area contributed by atoms with Crippen LogP contribution in [0.5, 0.6) is 0 Å². The molecule has 4 rings (SSSR count). The molecule has 0 aromatic rings. The van der Waals surface area contributed by atoms with Crippen molar-refractivity contribution in [3.05, 3.63) is 12.2 Å². The molecule has 23 heavy (non-hydrogen) atoms. The second-order valence-corrected chi connectivity index (χ2v) is 9.60. The van der Waals surface area contributed by atoms with Crippen LogP contribution < -0.4 is 0 Å². The Bertz CT molecular complexity index is 531. The molecule has 130 valence electrons. The summed E-state index contributed by atoms with van der Waals surface area (Å²) >= 11 is 0. The highest BCUT2D eigenvalue weighted by atomic mass is 16.3. The molecule has 0 unspecified atom stereocenters. The van der Waals surface area contributed by atoms with Gasteiger partial charge in [0.1, 0.15) is 0 Å². The molecule has 1 spiro atoms. The van der Waals surface area contributed by atoms with Gasteiger partial charge in [0.15, 0.2) is 0 Å². The van der Waals surface area contributed by atoms with Gasteiger partial charge in [-0.05, 0) is 72.7 Å². The summed E-state index contributed by atoms with van der Waals surface area (Å²) in [6.07, 6.45) is 6.18. The van der Waals surface area contributed by atoms with Gasteiger partial charge in [-0.25, -0.2) is 0 Å². The maximum atomic E-state index is 11.2. The molecule has 3 N–H and O–H groups in total. The standard InChI is InChI=1S/C20H32O3/c1-12-13-5-6-14-19(3)8-4-7-18(2,11-21)15(19)9-16(22)20(14,10-13)17(12)23/h13-17,21-23H,1,4-11H2,2-3H3/t13-,14+,15-,16-,17+,18-,19+,20-/m1/s1. The van der Waals surface area contributed by atoms with Crippen LogP contribution in [0, 0.1) is 34.0 Å². The Morgan fingerprint density at radius 1 is 1.13 bits per heavy atom. The molecule has 8 atom stereocenters. The number of rotatable bonds is 1. The van der Waals surface area contributed by atoms with Crippen LogP contribution in [-0.2, 0) is 0 Å². The van der Waals surface area contributed by atoms with Gasteiger partial charge >= 0.3 is 0 Å². The van der Waals surface area contributed by atoms with Crippen molar-refractivity contribution in [2.24, 2.45) is 34.0 Å². The minimum atomic E-state index is -0.546. The fourth-order valence-electron chi connectivity index (χ4n) is 7.61. The summed E-state index contributed by atoms with van der Waals surface area (Å²) in [6, 6.07) is 0. The highest BCUT2D eigenvalue weighted by Gasteiger charge is 2.69. The summed E-state index contributed by atoms with van der Waals surface area (Å²) < 4.78 is 0. The average molecular weight is 320 g/mol. The molecular formula is C20H32O3. The molecule has 0 aromatic heterocycles. The van der Waals surface area contributed by atoms with E-state index >= 15 is 0 Å². The van der Waals surface area contributed by atoms with Crippen molar-refractivity contribution in [2.75, 3.05) is 6.61 Å². The van der Waals surface area contributed by atoms with Crippen LogP contribution in [0.3, 0.4) is 0 Å². The first-order valence-electron chi connectivity index (χ1n) is 9.45. The lowest BCUT2D eigenvalue weighted by Crippen LogP contribution is -2.64. The fourth-order valence-corrected chi connectivity index (χ4v) is 7.61. The van der Waals surface area contributed by atoms with Crippen LogP contribution in [-0.4, -0.2) is 34.1 Å². The highest BCUT2D eigenvalue weighted by Crippen LogP contribution is 2.71. The van der Waals surface area contributed by atoms with Gasteiger partial charge < -0.3 is 15.3 Å². The third-order valence-corrected chi connectivity index (χ3v) is 8.77. The minimum absolute atomic E-state index is 0.0903. The Balaban J connectivity index is 1.81. The second-order valence-electron chi connectivity index (χ2n) is 9.60. The number of hydrogen-bond donors (Lipinski definition) is 3. The lowest BCUT2D eigenvalue weighted by Gasteiger charge is -2.65. The molecule has 0 amide bonds. The van der Waals surface area contributed by atoms with Gasteiger partial charge in [-0.3, -0.25) is 0 Å². The number of aliphatic hydroxyl groups is 3. The van der Waals surface area contributed by atoms with Crippen LogP contribution in [0.4, 0.5) is 0 Å². The molecule has 4 fully saturated rings. The van der Waals surface area contributed by atoms with Crippen molar-refractivity contribution in [1.82, 2.24) is 0 Å². The average Bonchev–Trinajstić information content (AvgIpc) is 2.72. The van der Waals surface area contributed by atoms with E-state index in [9.17, 15) is 15.3 Å². The van der Waals surface area contributed by atoms with E-state index < -0.39 is 12.2 Å². The van der Waals surface area contributed by atoms with Gasteiger partial charge in [0.05, 0.1) is 12.2 Å². The van der Waals surface area contributed by atoms with E-state index in [0.717, 1.165) is 50.5 Å². The van der Waals surface area contributed by atoms with E-state index in [1.165, 1.54) is 0 Å². The zero-order chi connectivity index (χ0) is 16.6. The molecule has 3 nitrogen and oxygen atoms in total. The number of fused-ring (bicyclic) bond motifs is 3. The van der Waals surface area contributed by atoms with Crippen molar-refractivity contribution in [2.45, 2.75) is 71.0 Å². The smallest absolute Gasteiger partial charge is 0.0834 e. The van der Waals surface area contributed by atoms with Gasteiger partial charge in [-0.2, -0.15) is 0 Å². The van der Waals surface area contributed by atoms with Crippen LogP contribution in [0.1, 0.15) is 58.8 Å². The lowest BCUT2D eigenvalue weighted by atomic mass is 9.40. The third kappa shape index (κ3) is 1.77. The highest BCUT2D eigenvalue weighted by molar-refractivity contribution is 5.29. The zero-order valence-corrected chi connectivity index (χ0v) is 14.6. The molecule has 0 saturated heterocycles. The van der Waals surface area contributed by atoms with Crippen molar-refractivity contribution in [3.8, 4) is 0 Å². The second kappa shape index (κ2) is 4.83. The summed E-state index contributed by atoms with van der Waals surface area (Å²) in [5.41, 5.74) is 0.617. The van der Waals surface area contributed by atoms with E-state index in [1.54, 1.807) is 0 Å². The molecule has 0 radical (unpaired) electrons. The SMILES string of the molecule is C=C1[C@@H]2CC[C@H]3[C@]4(C)CCC[C@](C)(CO)[C@H]4C[C@@H](O)[C@]3(C2)[C@H]1O. The number of aliphatic hydroxyl groups excluding tert-OH is 3. The molecule has 4 aliphatic rings. The summed E-state index contributed by atoms with van der Waals surface area (Å²) in [7, 11) is 0.